The Morgan fingerprint density at radius 1 is 1.39 bits per heavy atom. The summed E-state index contributed by atoms with van der Waals surface area (Å²) < 4.78 is 0. The van der Waals surface area contributed by atoms with Gasteiger partial charge in [0.2, 0.25) is 0 Å². The molecule has 2 N–H and O–H groups in total. The van der Waals surface area contributed by atoms with Crippen LogP contribution in [0.4, 0.5) is 5.69 Å². The van der Waals surface area contributed by atoms with E-state index in [1.54, 1.807) is 0 Å². The van der Waals surface area contributed by atoms with E-state index < -0.39 is 0 Å². The van der Waals surface area contributed by atoms with Gasteiger partial charge in [0.25, 0.3) is 0 Å². The molecule has 3 heteroatoms. The molecular weight excluding hydrogens is 224 g/mol. The minimum atomic E-state index is 0.223. The van der Waals surface area contributed by atoms with Crippen molar-refractivity contribution in [1.29, 1.82) is 0 Å². The lowest BCUT2D eigenvalue weighted by Gasteiger charge is -2.29. The number of rotatable bonds is 7. The van der Waals surface area contributed by atoms with Gasteiger partial charge in [-0.2, -0.15) is 0 Å². The summed E-state index contributed by atoms with van der Waals surface area (Å²) >= 11 is 0. The molecule has 0 bridgehead atoms. The summed E-state index contributed by atoms with van der Waals surface area (Å²) in [7, 11) is 2.01. The van der Waals surface area contributed by atoms with Gasteiger partial charge in [-0.15, -0.1) is 0 Å². The Morgan fingerprint density at radius 2 is 2.11 bits per heavy atom. The Kier molecular flexibility index (Phi) is 4.61. The fraction of sp³-hybridized carbons (Fsp3) is 0.600. The normalized spacial score (nSPS) is 16.6. The van der Waals surface area contributed by atoms with Crippen LogP contribution in [-0.2, 0) is 0 Å². The number of nitrogens with one attached hydrogen (secondary N) is 1. The molecule has 0 aromatic heterocycles. The Hall–Kier alpha value is -1.06. The maximum absolute atomic E-state index is 9.26. The Bertz CT molecular complexity index is 373. The molecule has 1 fully saturated rings. The minimum absolute atomic E-state index is 0.223. The topological polar surface area (TPSA) is 35.5 Å². The summed E-state index contributed by atoms with van der Waals surface area (Å²) in [5.74, 6) is 0. The van der Waals surface area contributed by atoms with Crippen LogP contribution in [0, 0.1) is 0 Å². The van der Waals surface area contributed by atoms with Gasteiger partial charge in [0, 0.05) is 24.3 Å². The van der Waals surface area contributed by atoms with Gasteiger partial charge in [0.05, 0.1) is 6.61 Å². The molecule has 1 aliphatic carbocycles. The number of nitrogens with zero attached hydrogens (tertiary/aromatic N) is 1. The number of hydrogen-bond donors (Lipinski definition) is 2. The van der Waals surface area contributed by atoms with E-state index in [0.717, 1.165) is 13.0 Å². The van der Waals surface area contributed by atoms with Gasteiger partial charge in [-0.25, -0.2) is 0 Å². The number of aliphatic hydroxyl groups excluding tert-OH is 1. The SMILES string of the molecule is CCC(NC)c1ccccc1N(CCO)C1CC1. The van der Waals surface area contributed by atoms with Crippen molar-refractivity contribution in [1.82, 2.24) is 5.32 Å². The van der Waals surface area contributed by atoms with Crippen molar-refractivity contribution in [3.05, 3.63) is 29.8 Å². The lowest BCUT2D eigenvalue weighted by molar-refractivity contribution is 0.301. The van der Waals surface area contributed by atoms with E-state index in [1.807, 2.05) is 7.05 Å². The molecule has 0 amide bonds. The van der Waals surface area contributed by atoms with E-state index in [1.165, 1.54) is 24.1 Å². The van der Waals surface area contributed by atoms with Crippen molar-refractivity contribution < 1.29 is 5.11 Å². The Labute approximate surface area is 110 Å². The second-order valence-electron chi connectivity index (χ2n) is 4.96. The van der Waals surface area contributed by atoms with Gasteiger partial charge in [0.1, 0.15) is 0 Å². The van der Waals surface area contributed by atoms with Crippen molar-refractivity contribution in [2.24, 2.45) is 0 Å². The van der Waals surface area contributed by atoms with E-state index in [9.17, 15) is 5.11 Å². The lowest BCUT2D eigenvalue weighted by Crippen LogP contribution is -2.31. The van der Waals surface area contributed by atoms with Crippen LogP contribution in [0.25, 0.3) is 0 Å². The smallest absolute Gasteiger partial charge is 0.0606 e. The molecule has 3 nitrogen and oxygen atoms in total. The number of para-hydroxylation sites is 1. The number of benzene rings is 1. The van der Waals surface area contributed by atoms with Crippen LogP contribution in [-0.4, -0.2) is 31.3 Å². The molecule has 1 aromatic carbocycles. The van der Waals surface area contributed by atoms with Crippen LogP contribution in [0.5, 0.6) is 0 Å². The van der Waals surface area contributed by atoms with Gasteiger partial charge >= 0.3 is 0 Å². The van der Waals surface area contributed by atoms with E-state index in [4.69, 9.17) is 0 Å². The minimum Gasteiger partial charge on any atom is -0.395 e. The maximum Gasteiger partial charge on any atom is 0.0606 e. The molecule has 100 valence electrons. The van der Waals surface area contributed by atoms with Crippen molar-refractivity contribution in [3.8, 4) is 0 Å². The Balaban J connectivity index is 2.29. The van der Waals surface area contributed by atoms with Crippen LogP contribution in [0.2, 0.25) is 0 Å². The first-order chi connectivity index (χ1) is 8.81. The van der Waals surface area contributed by atoms with Crippen LogP contribution in [0.3, 0.4) is 0 Å². The highest BCUT2D eigenvalue weighted by atomic mass is 16.3. The zero-order chi connectivity index (χ0) is 13.0. The van der Waals surface area contributed by atoms with Crippen LogP contribution in [0.1, 0.15) is 37.8 Å². The van der Waals surface area contributed by atoms with E-state index >= 15 is 0 Å². The third-order valence-electron chi connectivity index (χ3n) is 3.71. The van der Waals surface area contributed by atoms with Crippen LogP contribution >= 0.6 is 0 Å². The predicted octanol–water partition coefficient (Wildman–Crippen LogP) is 2.32. The molecule has 0 heterocycles. The van der Waals surface area contributed by atoms with E-state index in [2.05, 4.69) is 41.4 Å². The second-order valence-corrected chi connectivity index (χ2v) is 4.96. The van der Waals surface area contributed by atoms with Gasteiger partial charge in [-0.3, -0.25) is 0 Å². The summed E-state index contributed by atoms with van der Waals surface area (Å²) in [6, 6.07) is 9.60. The highest BCUT2D eigenvalue weighted by Crippen LogP contribution is 2.35. The third kappa shape index (κ3) is 2.85. The molecular formula is C15H24N2O. The summed E-state index contributed by atoms with van der Waals surface area (Å²) in [5, 5.41) is 12.6. The first kappa shape index (κ1) is 13.4. The Morgan fingerprint density at radius 3 is 2.67 bits per heavy atom. The zero-order valence-electron chi connectivity index (χ0n) is 11.4. The molecule has 1 atom stereocenters. The fourth-order valence-corrected chi connectivity index (χ4v) is 2.62. The fourth-order valence-electron chi connectivity index (χ4n) is 2.62. The quantitative estimate of drug-likeness (QED) is 0.777. The number of hydrogen-bond acceptors (Lipinski definition) is 3. The summed E-state index contributed by atoms with van der Waals surface area (Å²) in [5.41, 5.74) is 2.64. The summed E-state index contributed by atoms with van der Waals surface area (Å²) in [6.07, 6.45) is 3.58. The van der Waals surface area contributed by atoms with Gasteiger partial charge in [-0.05, 0) is 37.9 Å². The van der Waals surface area contributed by atoms with E-state index in [-0.39, 0.29) is 6.61 Å². The lowest BCUT2D eigenvalue weighted by atomic mass is 10.0. The van der Waals surface area contributed by atoms with E-state index in [0.29, 0.717) is 12.1 Å². The van der Waals surface area contributed by atoms with Crippen molar-refractivity contribution >= 4 is 5.69 Å². The maximum atomic E-state index is 9.26. The molecule has 0 saturated heterocycles. The highest BCUT2D eigenvalue weighted by molar-refractivity contribution is 5.56. The predicted molar refractivity (Wildman–Crippen MR) is 76.0 cm³/mol. The molecule has 0 spiro atoms. The van der Waals surface area contributed by atoms with Gasteiger partial charge in [-0.1, -0.05) is 25.1 Å². The van der Waals surface area contributed by atoms with Crippen molar-refractivity contribution in [2.45, 2.75) is 38.3 Å². The first-order valence-corrected chi connectivity index (χ1v) is 6.95. The summed E-state index contributed by atoms with van der Waals surface area (Å²) in [4.78, 5) is 2.37. The molecule has 1 aromatic rings. The molecule has 1 unspecified atom stereocenters. The zero-order valence-corrected chi connectivity index (χ0v) is 11.4. The largest absolute Gasteiger partial charge is 0.395 e. The average Bonchev–Trinajstić information content (AvgIpc) is 3.23. The summed E-state index contributed by atoms with van der Waals surface area (Å²) in [6.45, 7) is 3.16. The average molecular weight is 248 g/mol. The molecule has 1 aliphatic rings. The van der Waals surface area contributed by atoms with Crippen molar-refractivity contribution in [3.63, 3.8) is 0 Å². The second kappa shape index (κ2) is 6.21. The molecule has 0 aliphatic heterocycles. The van der Waals surface area contributed by atoms with Crippen LogP contribution in [0.15, 0.2) is 24.3 Å². The number of anilines is 1. The molecule has 2 rings (SSSR count). The first-order valence-electron chi connectivity index (χ1n) is 6.95. The highest BCUT2D eigenvalue weighted by Gasteiger charge is 2.30. The monoisotopic (exact) mass is 248 g/mol. The molecule has 18 heavy (non-hydrogen) atoms. The molecule has 1 saturated carbocycles. The third-order valence-corrected chi connectivity index (χ3v) is 3.71. The van der Waals surface area contributed by atoms with Gasteiger partial charge in [0.15, 0.2) is 0 Å². The number of aliphatic hydroxyl groups is 1. The molecule has 0 radical (unpaired) electrons. The van der Waals surface area contributed by atoms with Crippen LogP contribution < -0.4 is 10.2 Å². The standard InChI is InChI=1S/C15H24N2O/c1-3-14(16-2)13-6-4-5-7-15(13)17(10-11-18)12-8-9-12/h4-7,12,14,16,18H,3,8-11H2,1-2H3. The van der Waals surface area contributed by atoms with Gasteiger partial charge < -0.3 is 15.3 Å². The van der Waals surface area contributed by atoms with Crippen molar-refractivity contribution in [2.75, 3.05) is 25.1 Å².